The van der Waals surface area contributed by atoms with Crippen LogP contribution in [0, 0.1) is 5.92 Å². The maximum atomic E-state index is 12.1. The van der Waals surface area contributed by atoms with E-state index in [2.05, 4.69) is 20.8 Å². The van der Waals surface area contributed by atoms with Crippen LogP contribution in [0.5, 0.6) is 0 Å². The molecule has 1 aromatic rings. The lowest BCUT2D eigenvalue weighted by Crippen LogP contribution is -2.59. The number of carboxylic acids is 1. The Balaban J connectivity index is 2.14. The summed E-state index contributed by atoms with van der Waals surface area (Å²) in [6, 6.07) is -3.04. The highest BCUT2D eigenvalue weighted by atomic mass is 16.4. The highest BCUT2D eigenvalue weighted by Gasteiger charge is 2.49. The Morgan fingerprint density at radius 3 is 2.56 bits per heavy atom. The van der Waals surface area contributed by atoms with Crippen molar-refractivity contribution in [2.75, 3.05) is 6.61 Å². The second kappa shape index (κ2) is 7.33. The van der Waals surface area contributed by atoms with E-state index >= 15 is 0 Å². The normalized spacial score (nSPS) is 26.2. The third kappa shape index (κ3) is 4.06. The highest BCUT2D eigenvalue weighted by Crippen LogP contribution is 2.45. The fourth-order valence-corrected chi connectivity index (χ4v) is 2.83. The molecule has 0 unspecified atom stereocenters. The summed E-state index contributed by atoms with van der Waals surface area (Å²) in [6.07, 6.45) is 0.146. The quantitative estimate of drug-likeness (QED) is 0.349. The van der Waals surface area contributed by atoms with Gasteiger partial charge >= 0.3 is 12.0 Å². The molecular formula is C14H23N5O6. The number of urea groups is 1. The molecule has 1 saturated carbocycles. The van der Waals surface area contributed by atoms with E-state index in [1.165, 1.54) is 6.92 Å². The van der Waals surface area contributed by atoms with Gasteiger partial charge in [0.1, 0.15) is 11.6 Å². The van der Waals surface area contributed by atoms with Crippen molar-refractivity contribution in [2.45, 2.75) is 50.4 Å². The number of aliphatic hydroxyl groups is 2. The van der Waals surface area contributed by atoms with Crippen LogP contribution in [-0.4, -0.2) is 56.3 Å². The molecule has 0 aliphatic heterocycles. The minimum atomic E-state index is -1.42. The van der Waals surface area contributed by atoms with Crippen molar-refractivity contribution in [1.29, 1.82) is 0 Å². The number of nitrogens with one attached hydrogen (secondary N) is 2. The molecule has 140 valence electrons. The molecule has 7 N–H and O–H groups in total. The van der Waals surface area contributed by atoms with Gasteiger partial charge < -0.3 is 36.1 Å². The zero-order valence-electron chi connectivity index (χ0n) is 14.0. The highest BCUT2D eigenvalue weighted by molar-refractivity contribution is 5.83. The van der Waals surface area contributed by atoms with Crippen LogP contribution in [0.4, 0.5) is 4.79 Å². The molecule has 0 saturated heterocycles. The molecule has 1 aliphatic carbocycles. The summed E-state index contributed by atoms with van der Waals surface area (Å²) in [7, 11) is 0. The number of carbonyl (C=O) groups excluding carboxylic acids is 1. The van der Waals surface area contributed by atoms with Crippen LogP contribution >= 0.6 is 0 Å². The molecule has 1 aromatic heterocycles. The summed E-state index contributed by atoms with van der Waals surface area (Å²) < 4.78 is 5.53. The zero-order chi connectivity index (χ0) is 18.8. The first-order valence-corrected chi connectivity index (χ1v) is 7.88. The average molecular weight is 357 g/mol. The minimum absolute atomic E-state index is 0.0462. The van der Waals surface area contributed by atoms with Gasteiger partial charge in [-0.2, -0.15) is 0 Å². The summed E-state index contributed by atoms with van der Waals surface area (Å²) in [5.74, 6) is -0.876. The molecule has 0 bridgehead atoms. The van der Waals surface area contributed by atoms with Crippen molar-refractivity contribution < 1.29 is 29.3 Å². The van der Waals surface area contributed by atoms with Crippen LogP contribution in [0.15, 0.2) is 4.42 Å². The van der Waals surface area contributed by atoms with Crippen molar-refractivity contribution in [1.82, 2.24) is 20.8 Å². The first kappa shape index (κ1) is 19.1. The van der Waals surface area contributed by atoms with Gasteiger partial charge in [0.25, 0.3) is 0 Å². The molecular weight excluding hydrogens is 334 g/mol. The number of aliphatic hydroxyl groups excluding tert-OH is 2. The van der Waals surface area contributed by atoms with Crippen molar-refractivity contribution in [3.05, 3.63) is 11.8 Å². The van der Waals surface area contributed by atoms with E-state index in [0.717, 1.165) is 0 Å². The third-order valence-corrected chi connectivity index (χ3v) is 4.19. The van der Waals surface area contributed by atoms with Crippen LogP contribution in [0.1, 0.15) is 44.5 Å². The topological polar surface area (TPSA) is 184 Å². The van der Waals surface area contributed by atoms with Crippen molar-refractivity contribution >= 4 is 12.0 Å². The molecule has 2 amide bonds. The second-order valence-electron chi connectivity index (χ2n) is 6.48. The number of rotatable bonds is 7. The van der Waals surface area contributed by atoms with Crippen LogP contribution in [-0.2, 0) is 10.3 Å². The van der Waals surface area contributed by atoms with Gasteiger partial charge in [-0.25, -0.2) is 9.59 Å². The van der Waals surface area contributed by atoms with Gasteiger partial charge in [-0.15, -0.1) is 10.2 Å². The van der Waals surface area contributed by atoms with Crippen molar-refractivity contribution in [3.63, 3.8) is 0 Å². The lowest BCUT2D eigenvalue weighted by Gasteiger charge is -2.44. The fourth-order valence-electron chi connectivity index (χ4n) is 2.83. The molecule has 11 nitrogen and oxygen atoms in total. The summed E-state index contributed by atoms with van der Waals surface area (Å²) in [5, 5.41) is 39.9. The SMILES string of the molecule is C[C@@H](O)[C@H](N)c1nnc([C@]2(NC(=O)N[C@@H](CO)C(=O)O)C[C@H](C)C2)o1. The predicted molar refractivity (Wildman–Crippen MR) is 83.2 cm³/mol. The van der Waals surface area contributed by atoms with Crippen molar-refractivity contribution in [2.24, 2.45) is 11.7 Å². The number of aromatic nitrogens is 2. The molecule has 3 atom stereocenters. The van der Waals surface area contributed by atoms with E-state index in [1.54, 1.807) is 0 Å². The first-order valence-electron chi connectivity index (χ1n) is 7.88. The van der Waals surface area contributed by atoms with Crippen LogP contribution in [0.25, 0.3) is 0 Å². The largest absolute Gasteiger partial charge is 0.480 e. The van der Waals surface area contributed by atoms with E-state index in [1.807, 2.05) is 6.92 Å². The van der Waals surface area contributed by atoms with E-state index in [0.29, 0.717) is 12.8 Å². The molecule has 1 aliphatic rings. The maximum absolute atomic E-state index is 12.1. The van der Waals surface area contributed by atoms with Gasteiger partial charge in [-0.05, 0) is 25.7 Å². The summed E-state index contributed by atoms with van der Waals surface area (Å²) in [6.45, 7) is 2.73. The molecule has 0 spiro atoms. The number of hydrogen-bond donors (Lipinski definition) is 6. The average Bonchev–Trinajstić information content (AvgIpc) is 2.99. The predicted octanol–water partition coefficient (Wildman–Crippen LogP) is -1.18. The van der Waals surface area contributed by atoms with Crippen molar-refractivity contribution in [3.8, 4) is 0 Å². The molecule has 1 heterocycles. The molecule has 2 rings (SSSR count). The van der Waals surface area contributed by atoms with E-state index in [-0.39, 0.29) is 17.7 Å². The Morgan fingerprint density at radius 2 is 2.08 bits per heavy atom. The van der Waals surface area contributed by atoms with Gasteiger partial charge in [-0.1, -0.05) is 6.92 Å². The number of nitrogens with zero attached hydrogens (tertiary/aromatic N) is 2. The minimum Gasteiger partial charge on any atom is -0.480 e. The lowest BCUT2D eigenvalue weighted by atomic mass is 9.69. The molecule has 0 aromatic carbocycles. The number of nitrogens with two attached hydrogens (primary N) is 1. The Bertz CT molecular complexity index is 627. The van der Waals surface area contributed by atoms with Gasteiger partial charge in [0.15, 0.2) is 6.04 Å². The van der Waals surface area contributed by atoms with Crippen LogP contribution in [0.3, 0.4) is 0 Å². The van der Waals surface area contributed by atoms with Gasteiger partial charge in [0, 0.05) is 0 Å². The maximum Gasteiger partial charge on any atom is 0.328 e. The monoisotopic (exact) mass is 357 g/mol. The van der Waals surface area contributed by atoms with Crippen LogP contribution in [0.2, 0.25) is 0 Å². The number of aliphatic carboxylic acids is 1. The van der Waals surface area contributed by atoms with E-state index < -0.39 is 42.3 Å². The summed E-state index contributed by atoms with van der Waals surface area (Å²) in [4.78, 5) is 23.0. The Morgan fingerprint density at radius 1 is 1.44 bits per heavy atom. The first-order chi connectivity index (χ1) is 11.7. The fraction of sp³-hybridized carbons (Fsp3) is 0.714. The third-order valence-electron chi connectivity index (χ3n) is 4.19. The van der Waals surface area contributed by atoms with Gasteiger partial charge in [0.05, 0.1) is 12.7 Å². The second-order valence-corrected chi connectivity index (χ2v) is 6.48. The number of hydrogen-bond acceptors (Lipinski definition) is 8. The standard InChI is InChI=1S/C14H23N5O6/c1-6-3-14(4-6,17-13(24)16-8(5-20)11(22)23)12-19-18-10(25-12)9(15)7(2)21/h6-9,20-21H,3-5,15H2,1-2H3,(H,22,23)(H2,16,17,24)/t6-,7-,8+,9+,14-/m1/s1. The summed E-state index contributed by atoms with van der Waals surface area (Å²) >= 11 is 0. The van der Waals surface area contributed by atoms with Gasteiger partial charge in [-0.3, -0.25) is 0 Å². The Kier molecular flexibility index (Phi) is 5.60. The Labute approximate surface area is 143 Å². The number of amides is 2. The number of carbonyl (C=O) groups is 2. The van der Waals surface area contributed by atoms with E-state index in [9.17, 15) is 14.7 Å². The van der Waals surface area contributed by atoms with Crippen LogP contribution < -0.4 is 16.4 Å². The molecule has 25 heavy (non-hydrogen) atoms. The zero-order valence-corrected chi connectivity index (χ0v) is 14.0. The smallest absolute Gasteiger partial charge is 0.328 e. The Hall–Kier alpha value is -2.24. The molecule has 1 fully saturated rings. The lowest BCUT2D eigenvalue weighted by molar-refractivity contribution is -0.140. The summed E-state index contributed by atoms with van der Waals surface area (Å²) in [5.41, 5.74) is 4.82. The van der Waals surface area contributed by atoms with Gasteiger partial charge in [0.2, 0.25) is 11.8 Å². The molecule has 0 radical (unpaired) electrons. The van der Waals surface area contributed by atoms with E-state index in [4.69, 9.17) is 20.4 Å². The number of carboxylic acid groups (broad SMARTS) is 1. The molecule has 11 heteroatoms.